The van der Waals surface area contributed by atoms with Crippen molar-refractivity contribution in [3.8, 4) is 5.75 Å². The Kier molecular flexibility index (Phi) is 6.85. The molecule has 0 aliphatic heterocycles. The number of hydroxylamine groups is 1. The second-order valence-corrected chi connectivity index (χ2v) is 9.75. The van der Waals surface area contributed by atoms with Crippen LogP contribution in [0.4, 0.5) is 0 Å². The molecule has 0 radical (unpaired) electrons. The van der Waals surface area contributed by atoms with Gasteiger partial charge in [0.2, 0.25) is 0 Å². The molecule has 0 fully saturated rings. The van der Waals surface area contributed by atoms with Gasteiger partial charge in [0.15, 0.2) is 9.84 Å². The highest BCUT2D eigenvalue weighted by Crippen LogP contribution is 2.25. The molecule has 2 aromatic carbocycles. The normalized spacial score (nSPS) is 13.6. The predicted molar refractivity (Wildman–Crippen MR) is 108 cm³/mol. The van der Waals surface area contributed by atoms with Crippen LogP contribution in [-0.4, -0.2) is 30.5 Å². The predicted octanol–water partition coefficient (Wildman–Crippen LogP) is 3.12. The third kappa shape index (κ3) is 5.11. The maximum atomic E-state index is 12.0. The first-order chi connectivity index (χ1) is 13.1. The minimum atomic E-state index is -3.70. The van der Waals surface area contributed by atoms with Gasteiger partial charge in [0.05, 0.1) is 0 Å². The molecule has 1 amide bonds. The average Bonchev–Trinajstić information content (AvgIpc) is 2.66. The largest absolute Gasteiger partial charge is 0.489 e. The van der Waals surface area contributed by atoms with Gasteiger partial charge < -0.3 is 4.74 Å². The fourth-order valence-electron chi connectivity index (χ4n) is 2.84. The first kappa shape index (κ1) is 21.9. The average molecular weight is 406 g/mol. The molecule has 7 heteroatoms. The summed E-state index contributed by atoms with van der Waals surface area (Å²) >= 11 is 0. The molecule has 1 unspecified atom stereocenters. The van der Waals surface area contributed by atoms with Crippen LogP contribution in [0.15, 0.2) is 42.5 Å². The van der Waals surface area contributed by atoms with Crippen LogP contribution in [0.2, 0.25) is 0 Å². The molecule has 0 aliphatic carbocycles. The van der Waals surface area contributed by atoms with Crippen LogP contribution in [-0.2, 0) is 27.7 Å². The van der Waals surface area contributed by atoms with Gasteiger partial charge in [-0.05, 0) is 62.4 Å². The summed E-state index contributed by atoms with van der Waals surface area (Å²) in [5, 5.41) is 8.88. The Labute approximate surface area is 166 Å². The van der Waals surface area contributed by atoms with Crippen molar-refractivity contribution in [1.29, 1.82) is 0 Å². The number of ether oxygens (including phenoxy) is 1. The smallest absolute Gasteiger partial charge is 0.264 e. The molecule has 0 spiro atoms. The summed E-state index contributed by atoms with van der Waals surface area (Å²) in [6.45, 7) is 5.87. The van der Waals surface area contributed by atoms with E-state index in [2.05, 4.69) is 18.2 Å². The van der Waals surface area contributed by atoms with Crippen molar-refractivity contribution in [3.05, 3.63) is 64.7 Å². The zero-order valence-corrected chi connectivity index (χ0v) is 17.5. The molecule has 0 bridgehead atoms. The van der Waals surface area contributed by atoms with E-state index < -0.39 is 20.5 Å². The number of amides is 1. The minimum absolute atomic E-state index is 0.0565. The highest BCUT2D eigenvalue weighted by atomic mass is 32.2. The fraction of sp³-hybridized carbons (Fsp3) is 0.381. The van der Waals surface area contributed by atoms with Crippen LogP contribution >= 0.6 is 0 Å². The third-order valence-electron chi connectivity index (χ3n) is 5.11. The molecule has 0 heterocycles. The molecular weight excluding hydrogens is 378 g/mol. The van der Waals surface area contributed by atoms with E-state index >= 15 is 0 Å². The Morgan fingerprint density at radius 3 is 2.36 bits per heavy atom. The van der Waals surface area contributed by atoms with Gasteiger partial charge in [0.1, 0.15) is 17.1 Å². The Balaban J connectivity index is 2.02. The van der Waals surface area contributed by atoms with Gasteiger partial charge in [-0.1, -0.05) is 35.9 Å². The van der Waals surface area contributed by atoms with Crippen LogP contribution < -0.4 is 10.2 Å². The molecule has 28 heavy (non-hydrogen) atoms. The molecule has 0 saturated carbocycles. The number of rotatable bonds is 8. The number of carbonyl (C=O) groups excluding carboxylic acids is 1. The van der Waals surface area contributed by atoms with E-state index in [0.29, 0.717) is 18.8 Å². The van der Waals surface area contributed by atoms with Crippen molar-refractivity contribution < 1.29 is 23.2 Å². The highest BCUT2D eigenvalue weighted by molar-refractivity contribution is 7.92. The van der Waals surface area contributed by atoms with Gasteiger partial charge >= 0.3 is 0 Å². The van der Waals surface area contributed by atoms with Crippen molar-refractivity contribution in [2.24, 2.45) is 0 Å². The maximum Gasteiger partial charge on any atom is 0.264 e. The summed E-state index contributed by atoms with van der Waals surface area (Å²) in [7, 11) is -3.70. The molecule has 1 atom stereocenters. The Bertz CT molecular complexity index is 938. The van der Waals surface area contributed by atoms with Crippen molar-refractivity contribution in [2.45, 2.75) is 45.0 Å². The highest BCUT2D eigenvalue weighted by Gasteiger charge is 2.43. The number of sulfone groups is 1. The number of benzene rings is 2. The van der Waals surface area contributed by atoms with Crippen LogP contribution in [0.25, 0.3) is 0 Å². The summed E-state index contributed by atoms with van der Waals surface area (Å²) in [5.41, 5.74) is 5.81. The zero-order chi connectivity index (χ0) is 20.9. The molecule has 0 aliphatic rings. The van der Waals surface area contributed by atoms with Crippen molar-refractivity contribution in [3.63, 3.8) is 0 Å². The van der Waals surface area contributed by atoms with Crippen LogP contribution in [0.3, 0.4) is 0 Å². The topological polar surface area (TPSA) is 92.7 Å². The van der Waals surface area contributed by atoms with Gasteiger partial charge in [-0.15, -0.1) is 0 Å². The first-order valence-electron chi connectivity index (χ1n) is 8.99. The first-order valence-corrected chi connectivity index (χ1v) is 10.9. The van der Waals surface area contributed by atoms with Crippen molar-refractivity contribution >= 4 is 15.7 Å². The monoisotopic (exact) mass is 405 g/mol. The van der Waals surface area contributed by atoms with Crippen molar-refractivity contribution in [2.75, 3.05) is 6.26 Å². The van der Waals surface area contributed by atoms with Gasteiger partial charge in [-0.25, -0.2) is 13.9 Å². The van der Waals surface area contributed by atoms with Gasteiger partial charge in [-0.2, -0.15) is 0 Å². The molecule has 2 aromatic rings. The van der Waals surface area contributed by atoms with E-state index in [1.807, 2.05) is 38.1 Å². The van der Waals surface area contributed by atoms with Gasteiger partial charge in [-0.3, -0.25) is 10.0 Å². The fourth-order valence-corrected chi connectivity index (χ4v) is 3.69. The second kappa shape index (κ2) is 8.75. The molecule has 6 nitrogen and oxygen atoms in total. The zero-order valence-electron chi connectivity index (χ0n) is 16.7. The quantitative estimate of drug-likeness (QED) is 0.520. The lowest BCUT2D eigenvalue weighted by atomic mass is 9.99. The summed E-state index contributed by atoms with van der Waals surface area (Å²) in [6, 6.07) is 13.6. The number of hydrogen-bond acceptors (Lipinski definition) is 5. The van der Waals surface area contributed by atoms with E-state index in [0.717, 1.165) is 17.4 Å². The maximum absolute atomic E-state index is 12.0. The van der Waals surface area contributed by atoms with E-state index in [4.69, 9.17) is 9.94 Å². The molecule has 0 saturated heterocycles. The standard InChI is InChI=1S/C21H27NO5S/c1-15-5-6-16(2)18(13-15)14-27-19-9-7-17(8-10-19)11-12-21(3,20(23)22-24)28(4,25)26/h5-10,13,24H,11-12,14H2,1-4H3,(H,22,23). The molecular formula is C21H27NO5S. The molecule has 2 N–H and O–H groups in total. The van der Waals surface area contributed by atoms with E-state index in [-0.39, 0.29) is 6.42 Å². The lowest BCUT2D eigenvalue weighted by molar-refractivity contribution is -0.131. The third-order valence-corrected chi connectivity index (χ3v) is 7.14. The van der Waals surface area contributed by atoms with E-state index in [9.17, 15) is 13.2 Å². The van der Waals surface area contributed by atoms with Gasteiger partial charge in [0.25, 0.3) is 5.91 Å². The number of carbonyl (C=O) groups is 1. The van der Waals surface area contributed by atoms with Crippen LogP contribution in [0.5, 0.6) is 5.75 Å². The Morgan fingerprint density at radius 1 is 1.14 bits per heavy atom. The van der Waals surface area contributed by atoms with Crippen molar-refractivity contribution in [1.82, 2.24) is 5.48 Å². The number of nitrogens with one attached hydrogen (secondary N) is 1. The summed E-state index contributed by atoms with van der Waals surface area (Å²) in [4.78, 5) is 11.9. The van der Waals surface area contributed by atoms with Crippen LogP contribution in [0, 0.1) is 13.8 Å². The lowest BCUT2D eigenvalue weighted by Crippen LogP contribution is -2.49. The molecule has 152 valence electrons. The van der Waals surface area contributed by atoms with E-state index in [1.165, 1.54) is 23.5 Å². The lowest BCUT2D eigenvalue weighted by Gasteiger charge is -2.25. The molecule has 0 aromatic heterocycles. The van der Waals surface area contributed by atoms with Gasteiger partial charge in [0, 0.05) is 6.26 Å². The molecule has 2 rings (SSSR count). The second-order valence-electron chi connectivity index (χ2n) is 7.31. The van der Waals surface area contributed by atoms with E-state index in [1.54, 1.807) is 0 Å². The van der Waals surface area contributed by atoms with Crippen LogP contribution in [0.1, 0.15) is 35.6 Å². The number of hydrogen-bond donors (Lipinski definition) is 2. The summed E-state index contributed by atoms with van der Waals surface area (Å²) in [6.07, 6.45) is 1.42. The Hall–Kier alpha value is -2.38. The SMILES string of the molecule is Cc1ccc(C)c(COc2ccc(CCC(C)(C(=O)NO)S(C)(=O)=O)cc2)c1. The number of aryl methyl sites for hydroxylation is 3. The summed E-state index contributed by atoms with van der Waals surface area (Å²) < 4.78 is 28.2. The Morgan fingerprint density at radius 2 is 1.79 bits per heavy atom. The minimum Gasteiger partial charge on any atom is -0.489 e. The summed E-state index contributed by atoms with van der Waals surface area (Å²) in [5.74, 6) is -0.216.